The zero-order chi connectivity index (χ0) is 14.9. The number of hydrogen-bond donors (Lipinski definition) is 1. The van der Waals surface area contributed by atoms with E-state index in [1.165, 1.54) is 11.1 Å². The molecule has 2 rings (SSSR count). The maximum Gasteiger partial charge on any atom is 0.307 e. The second-order valence-electron chi connectivity index (χ2n) is 7.28. The molecule has 0 amide bonds. The van der Waals surface area contributed by atoms with E-state index >= 15 is 0 Å². The average molecular weight is 274 g/mol. The highest BCUT2D eigenvalue weighted by Crippen LogP contribution is 2.46. The van der Waals surface area contributed by atoms with Gasteiger partial charge in [-0.3, -0.25) is 4.79 Å². The third-order valence-corrected chi connectivity index (χ3v) is 4.74. The largest absolute Gasteiger partial charge is 0.481 e. The lowest BCUT2D eigenvalue weighted by Crippen LogP contribution is -2.33. The second-order valence-corrected chi connectivity index (χ2v) is 7.28. The summed E-state index contributed by atoms with van der Waals surface area (Å²) in [6.45, 7) is 8.86. The van der Waals surface area contributed by atoms with Gasteiger partial charge in [-0.15, -0.1) is 0 Å². The molecule has 0 saturated heterocycles. The summed E-state index contributed by atoms with van der Waals surface area (Å²) in [5.41, 5.74) is 2.75. The third kappa shape index (κ3) is 3.23. The molecule has 2 unspecified atom stereocenters. The predicted octanol–water partition coefficient (Wildman–Crippen LogP) is 4.80. The Morgan fingerprint density at radius 3 is 2.35 bits per heavy atom. The predicted molar refractivity (Wildman–Crippen MR) is 82.0 cm³/mol. The van der Waals surface area contributed by atoms with Gasteiger partial charge >= 0.3 is 5.97 Å². The van der Waals surface area contributed by atoms with Gasteiger partial charge in [0.2, 0.25) is 0 Å². The molecule has 0 aliphatic heterocycles. The molecule has 2 heteroatoms. The number of carboxylic acid groups (broad SMARTS) is 1. The van der Waals surface area contributed by atoms with E-state index in [0.717, 1.165) is 19.3 Å². The molecule has 1 aromatic carbocycles. The Balaban J connectivity index is 2.28. The molecule has 1 aliphatic carbocycles. The van der Waals surface area contributed by atoms with Crippen LogP contribution in [-0.4, -0.2) is 11.1 Å². The Labute approximate surface area is 122 Å². The van der Waals surface area contributed by atoms with E-state index in [0.29, 0.717) is 5.92 Å². The van der Waals surface area contributed by atoms with Crippen LogP contribution in [0.1, 0.15) is 69.9 Å². The highest BCUT2D eigenvalue weighted by atomic mass is 16.4. The van der Waals surface area contributed by atoms with E-state index in [2.05, 4.69) is 52.0 Å². The van der Waals surface area contributed by atoms with Gasteiger partial charge in [0, 0.05) is 0 Å². The standard InChI is InChI=1S/C18H26O2/c1-12(2)13-5-7-14(8-6-13)16-11-18(3,4)10-9-15(16)17(19)20/h5-8,12,15-16H,9-11H2,1-4H3,(H,19,20). The van der Waals surface area contributed by atoms with Gasteiger partial charge in [0.15, 0.2) is 0 Å². The summed E-state index contributed by atoms with van der Waals surface area (Å²) in [4.78, 5) is 11.5. The molecule has 0 heterocycles. The summed E-state index contributed by atoms with van der Waals surface area (Å²) in [6.07, 6.45) is 2.76. The highest BCUT2D eigenvalue weighted by Gasteiger charge is 2.39. The van der Waals surface area contributed by atoms with Crippen molar-refractivity contribution in [1.82, 2.24) is 0 Å². The van der Waals surface area contributed by atoms with Crippen LogP contribution in [0, 0.1) is 11.3 Å². The van der Waals surface area contributed by atoms with Gasteiger partial charge in [-0.25, -0.2) is 0 Å². The lowest BCUT2D eigenvalue weighted by atomic mass is 9.65. The molecule has 0 aromatic heterocycles. The van der Waals surface area contributed by atoms with E-state index in [1.54, 1.807) is 0 Å². The quantitative estimate of drug-likeness (QED) is 0.859. The number of carboxylic acids is 1. The molecule has 1 aliphatic rings. The zero-order valence-electron chi connectivity index (χ0n) is 13.0. The average Bonchev–Trinajstić information content (AvgIpc) is 2.37. The molecule has 2 nitrogen and oxygen atoms in total. The first-order valence-corrected chi connectivity index (χ1v) is 7.63. The van der Waals surface area contributed by atoms with Crippen LogP contribution in [-0.2, 0) is 4.79 Å². The van der Waals surface area contributed by atoms with Crippen LogP contribution < -0.4 is 0 Å². The Morgan fingerprint density at radius 1 is 1.25 bits per heavy atom. The minimum atomic E-state index is -0.640. The molecule has 0 radical (unpaired) electrons. The minimum absolute atomic E-state index is 0.150. The van der Waals surface area contributed by atoms with Crippen LogP contribution in [0.25, 0.3) is 0 Å². The Hall–Kier alpha value is -1.31. The van der Waals surface area contributed by atoms with Crippen molar-refractivity contribution in [3.05, 3.63) is 35.4 Å². The van der Waals surface area contributed by atoms with Crippen LogP contribution in [0.5, 0.6) is 0 Å². The fraction of sp³-hybridized carbons (Fsp3) is 0.611. The first-order chi connectivity index (χ1) is 9.30. The maximum absolute atomic E-state index is 11.5. The summed E-state index contributed by atoms with van der Waals surface area (Å²) in [6, 6.07) is 8.58. The molecule has 0 spiro atoms. The lowest BCUT2D eigenvalue weighted by molar-refractivity contribution is -0.144. The number of benzene rings is 1. The van der Waals surface area contributed by atoms with Crippen molar-refractivity contribution in [2.75, 3.05) is 0 Å². The molecule has 1 aromatic rings. The van der Waals surface area contributed by atoms with Gasteiger partial charge in [0.1, 0.15) is 0 Å². The number of carbonyl (C=O) groups is 1. The van der Waals surface area contributed by atoms with Crippen molar-refractivity contribution in [3.63, 3.8) is 0 Å². The third-order valence-electron chi connectivity index (χ3n) is 4.74. The van der Waals surface area contributed by atoms with Gasteiger partial charge < -0.3 is 5.11 Å². The number of rotatable bonds is 3. The number of aliphatic carboxylic acids is 1. The van der Waals surface area contributed by atoms with E-state index in [4.69, 9.17) is 0 Å². The molecule has 1 fully saturated rings. The summed E-state index contributed by atoms with van der Waals surface area (Å²) >= 11 is 0. The fourth-order valence-corrected chi connectivity index (χ4v) is 3.36. The monoisotopic (exact) mass is 274 g/mol. The molecule has 1 N–H and O–H groups in total. The first kappa shape index (κ1) is 15.1. The van der Waals surface area contributed by atoms with Crippen molar-refractivity contribution >= 4 is 5.97 Å². The molecule has 0 bridgehead atoms. The molecule has 20 heavy (non-hydrogen) atoms. The Bertz CT molecular complexity index is 471. The fourth-order valence-electron chi connectivity index (χ4n) is 3.36. The van der Waals surface area contributed by atoms with Gasteiger partial charge in [-0.05, 0) is 47.6 Å². The normalized spacial score (nSPS) is 25.6. The lowest BCUT2D eigenvalue weighted by Gasteiger charge is -2.39. The molecule has 110 valence electrons. The topological polar surface area (TPSA) is 37.3 Å². The van der Waals surface area contributed by atoms with Crippen molar-refractivity contribution in [2.45, 2.75) is 58.8 Å². The molecular formula is C18H26O2. The first-order valence-electron chi connectivity index (χ1n) is 7.63. The van der Waals surface area contributed by atoms with Crippen molar-refractivity contribution in [1.29, 1.82) is 0 Å². The van der Waals surface area contributed by atoms with Gasteiger partial charge in [0.25, 0.3) is 0 Å². The van der Waals surface area contributed by atoms with E-state index in [9.17, 15) is 9.90 Å². The Kier molecular flexibility index (Phi) is 4.22. The summed E-state index contributed by atoms with van der Waals surface area (Å²) in [5, 5.41) is 9.48. The summed E-state index contributed by atoms with van der Waals surface area (Å²) < 4.78 is 0. The highest BCUT2D eigenvalue weighted by molar-refractivity contribution is 5.71. The van der Waals surface area contributed by atoms with Crippen LogP contribution >= 0.6 is 0 Å². The zero-order valence-corrected chi connectivity index (χ0v) is 13.0. The van der Waals surface area contributed by atoms with Crippen molar-refractivity contribution < 1.29 is 9.90 Å². The van der Waals surface area contributed by atoms with E-state index in [1.807, 2.05) is 0 Å². The molecule has 2 atom stereocenters. The van der Waals surface area contributed by atoms with Gasteiger partial charge in [-0.1, -0.05) is 52.0 Å². The van der Waals surface area contributed by atoms with Crippen LogP contribution in [0.3, 0.4) is 0 Å². The second kappa shape index (κ2) is 5.59. The smallest absolute Gasteiger partial charge is 0.307 e. The molecule has 1 saturated carbocycles. The van der Waals surface area contributed by atoms with E-state index < -0.39 is 5.97 Å². The number of hydrogen-bond acceptors (Lipinski definition) is 1. The SMILES string of the molecule is CC(C)c1ccc(C2CC(C)(C)CCC2C(=O)O)cc1. The Morgan fingerprint density at radius 2 is 1.85 bits per heavy atom. The molecular weight excluding hydrogens is 248 g/mol. The van der Waals surface area contributed by atoms with Gasteiger partial charge in [-0.2, -0.15) is 0 Å². The van der Waals surface area contributed by atoms with Crippen LogP contribution in [0.4, 0.5) is 0 Å². The van der Waals surface area contributed by atoms with Crippen LogP contribution in [0.2, 0.25) is 0 Å². The van der Waals surface area contributed by atoms with Gasteiger partial charge in [0.05, 0.1) is 5.92 Å². The van der Waals surface area contributed by atoms with E-state index in [-0.39, 0.29) is 17.3 Å². The maximum atomic E-state index is 11.5. The van der Waals surface area contributed by atoms with Crippen LogP contribution in [0.15, 0.2) is 24.3 Å². The summed E-state index contributed by atoms with van der Waals surface area (Å²) in [7, 11) is 0. The van der Waals surface area contributed by atoms with Crippen molar-refractivity contribution in [2.24, 2.45) is 11.3 Å². The minimum Gasteiger partial charge on any atom is -0.481 e. The van der Waals surface area contributed by atoms with Crippen molar-refractivity contribution in [3.8, 4) is 0 Å². The summed E-state index contributed by atoms with van der Waals surface area (Å²) in [5.74, 6) is -0.203.